The number of aryl methyl sites for hydroxylation is 1. The first kappa shape index (κ1) is 16.8. The molecule has 136 valence electrons. The maximum Gasteiger partial charge on any atom is 0.261 e. The first-order valence-electron chi connectivity index (χ1n) is 9.13. The Morgan fingerprint density at radius 2 is 2.12 bits per heavy atom. The van der Waals surface area contributed by atoms with Crippen LogP contribution in [0.1, 0.15) is 57.2 Å². The van der Waals surface area contributed by atoms with Crippen LogP contribution in [0.4, 0.5) is 0 Å². The molecule has 0 aromatic carbocycles. The summed E-state index contributed by atoms with van der Waals surface area (Å²) in [5, 5.41) is 0.335. The molecule has 2 aromatic heterocycles. The third kappa shape index (κ3) is 3.15. The number of hydrogen-bond donors (Lipinski definition) is 0. The van der Waals surface area contributed by atoms with Crippen molar-refractivity contribution in [2.75, 3.05) is 0 Å². The van der Waals surface area contributed by atoms with Crippen molar-refractivity contribution in [2.24, 2.45) is 5.92 Å². The summed E-state index contributed by atoms with van der Waals surface area (Å²) in [6.45, 7) is 4.68. The van der Waals surface area contributed by atoms with Crippen LogP contribution in [0, 0.1) is 5.92 Å². The smallest absolute Gasteiger partial charge is 0.261 e. The zero-order chi connectivity index (χ0) is 17.6. The molecular weight excluding hydrogens is 338 g/mol. The van der Waals surface area contributed by atoms with Crippen molar-refractivity contribution in [1.29, 1.82) is 0 Å². The molecule has 1 unspecified atom stereocenters. The maximum atomic E-state index is 13.5. The normalized spacial score (nSPS) is 19.5. The monoisotopic (exact) mass is 363 g/mol. The Kier molecular flexibility index (Phi) is 4.24. The fourth-order valence-corrected chi connectivity index (χ4v) is 5.43. The Bertz CT molecular complexity index is 833. The summed E-state index contributed by atoms with van der Waals surface area (Å²) in [4.78, 5) is 4.40. The van der Waals surface area contributed by atoms with Crippen LogP contribution in [0.5, 0.6) is 0 Å². The Labute approximate surface area is 148 Å². The number of aromatic nitrogens is 2. The molecule has 2 fully saturated rings. The first-order chi connectivity index (χ1) is 12.0. The molecule has 2 aliphatic carbocycles. The molecule has 0 N–H and O–H groups in total. The highest BCUT2D eigenvalue weighted by Gasteiger charge is 2.44. The van der Waals surface area contributed by atoms with E-state index < -0.39 is 10.0 Å². The fourth-order valence-electron chi connectivity index (χ4n) is 3.45. The quantitative estimate of drug-likeness (QED) is 0.721. The summed E-state index contributed by atoms with van der Waals surface area (Å²) in [7, 11) is -3.63. The lowest BCUT2D eigenvalue weighted by molar-refractivity contribution is 0.290. The minimum Gasteiger partial charge on any atom is -0.468 e. The van der Waals surface area contributed by atoms with Crippen LogP contribution in [0.2, 0.25) is 0 Å². The molecule has 4 rings (SSSR count). The molecule has 2 aliphatic rings. The lowest BCUT2D eigenvalue weighted by Gasteiger charge is -2.27. The highest BCUT2D eigenvalue weighted by molar-refractivity contribution is 7.89. The zero-order valence-corrected chi connectivity index (χ0v) is 15.6. The molecule has 2 heterocycles. The average molecular weight is 363 g/mol. The molecule has 25 heavy (non-hydrogen) atoms. The van der Waals surface area contributed by atoms with Gasteiger partial charge in [0.1, 0.15) is 11.6 Å². The van der Waals surface area contributed by atoms with E-state index in [9.17, 15) is 8.42 Å². The fraction of sp³-hybridized carbons (Fsp3) is 0.611. The highest BCUT2D eigenvalue weighted by Crippen LogP contribution is 2.40. The van der Waals surface area contributed by atoms with Crippen molar-refractivity contribution < 1.29 is 12.8 Å². The van der Waals surface area contributed by atoms with Gasteiger partial charge in [-0.05, 0) is 50.7 Å². The first-order valence-corrected chi connectivity index (χ1v) is 10.6. The van der Waals surface area contributed by atoms with E-state index in [1.54, 1.807) is 22.8 Å². The summed E-state index contributed by atoms with van der Waals surface area (Å²) >= 11 is 0. The average Bonchev–Trinajstić information content (AvgIpc) is 3.47. The number of nitrogens with zero attached hydrogens (tertiary/aromatic N) is 3. The molecule has 1 atom stereocenters. The largest absolute Gasteiger partial charge is 0.468 e. The molecule has 0 aliphatic heterocycles. The van der Waals surface area contributed by atoms with Gasteiger partial charge in [-0.3, -0.25) is 0 Å². The molecule has 2 saturated carbocycles. The maximum absolute atomic E-state index is 13.5. The van der Waals surface area contributed by atoms with Crippen molar-refractivity contribution in [2.45, 2.75) is 69.6 Å². The van der Waals surface area contributed by atoms with Gasteiger partial charge in [-0.1, -0.05) is 6.92 Å². The van der Waals surface area contributed by atoms with Gasteiger partial charge in [0.05, 0.1) is 18.5 Å². The minimum atomic E-state index is -3.63. The Morgan fingerprint density at radius 1 is 1.36 bits per heavy atom. The number of sulfonamides is 1. The lowest BCUT2D eigenvalue weighted by Crippen LogP contribution is -2.36. The van der Waals surface area contributed by atoms with Crippen LogP contribution in [-0.4, -0.2) is 28.3 Å². The standard InChI is InChI=1S/C18H25N3O3S/c1-3-17-19-11-18(20(17)12-14-6-7-14)25(22,23)21(15-8-9-15)13(2)16-5-4-10-24-16/h4-5,10-11,13-15H,3,6-9,12H2,1-2H3. The van der Waals surface area contributed by atoms with Crippen LogP contribution in [0.25, 0.3) is 0 Å². The van der Waals surface area contributed by atoms with E-state index in [1.807, 2.05) is 24.5 Å². The van der Waals surface area contributed by atoms with Crippen LogP contribution in [0.3, 0.4) is 0 Å². The van der Waals surface area contributed by atoms with Gasteiger partial charge in [-0.15, -0.1) is 0 Å². The van der Waals surface area contributed by atoms with Crippen LogP contribution >= 0.6 is 0 Å². The van der Waals surface area contributed by atoms with Gasteiger partial charge < -0.3 is 8.98 Å². The van der Waals surface area contributed by atoms with Crippen LogP contribution in [0.15, 0.2) is 34.0 Å². The van der Waals surface area contributed by atoms with Gasteiger partial charge in [-0.25, -0.2) is 13.4 Å². The van der Waals surface area contributed by atoms with Crippen molar-refractivity contribution in [3.63, 3.8) is 0 Å². The topological polar surface area (TPSA) is 68.3 Å². The predicted molar refractivity (Wildman–Crippen MR) is 93.5 cm³/mol. The van der Waals surface area contributed by atoms with Crippen molar-refractivity contribution in [3.8, 4) is 0 Å². The Balaban J connectivity index is 1.73. The molecule has 2 aromatic rings. The van der Waals surface area contributed by atoms with Crippen molar-refractivity contribution >= 4 is 10.0 Å². The predicted octanol–water partition coefficient (Wildman–Crippen LogP) is 3.36. The number of furan rings is 1. The van der Waals surface area contributed by atoms with Crippen molar-refractivity contribution in [1.82, 2.24) is 13.9 Å². The summed E-state index contributed by atoms with van der Waals surface area (Å²) in [5.74, 6) is 2.12. The van der Waals surface area contributed by atoms with E-state index in [-0.39, 0.29) is 12.1 Å². The van der Waals surface area contributed by atoms with Gasteiger partial charge in [-0.2, -0.15) is 4.31 Å². The van der Waals surface area contributed by atoms with Gasteiger partial charge >= 0.3 is 0 Å². The van der Waals surface area contributed by atoms with Crippen LogP contribution < -0.4 is 0 Å². The second kappa shape index (κ2) is 6.29. The summed E-state index contributed by atoms with van der Waals surface area (Å²) in [6, 6.07) is 3.38. The second-order valence-electron chi connectivity index (χ2n) is 7.18. The van der Waals surface area contributed by atoms with Gasteiger partial charge in [0.15, 0.2) is 5.03 Å². The minimum absolute atomic E-state index is 0.0550. The third-order valence-corrected chi connectivity index (χ3v) is 7.16. The van der Waals surface area contributed by atoms with Crippen molar-refractivity contribution in [3.05, 3.63) is 36.2 Å². The molecule has 0 radical (unpaired) electrons. The summed E-state index contributed by atoms with van der Waals surface area (Å²) < 4.78 is 36.1. The van der Waals surface area contributed by atoms with E-state index in [2.05, 4.69) is 4.98 Å². The van der Waals surface area contributed by atoms with E-state index in [4.69, 9.17) is 4.42 Å². The Morgan fingerprint density at radius 3 is 2.68 bits per heavy atom. The molecule has 0 saturated heterocycles. The molecule has 7 heteroatoms. The third-order valence-electron chi connectivity index (χ3n) is 5.14. The highest BCUT2D eigenvalue weighted by atomic mass is 32.2. The summed E-state index contributed by atoms with van der Waals surface area (Å²) in [6.07, 6.45) is 8.03. The van der Waals surface area contributed by atoms with E-state index in [0.717, 1.165) is 31.6 Å². The molecule has 0 amide bonds. The van der Waals surface area contributed by atoms with E-state index in [0.29, 0.717) is 16.7 Å². The Hall–Kier alpha value is -1.60. The second-order valence-corrected chi connectivity index (χ2v) is 8.97. The zero-order valence-electron chi connectivity index (χ0n) is 14.8. The molecule has 0 spiro atoms. The van der Waals surface area contributed by atoms with Gasteiger partial charge in [0.25, 0.3) is 10.0 Å². The molecule has 0 bridgehead atoms. The summed E-state index contributed by atoms with van der Waals surface area (Å²) in [5.41, 5.74) is 0. The van der Waals surface area contributed by atoms with Crippen LogP contribution in [-0.2, 0) is 23.0 Å². The lowest BCUT2D eigenvalue weighted by atomic mass is 10.2. The van der Waals surface area contributed by atoms with E-state index >= 15 is 0 Å². The van der Waals surface area contributed by atoms with E-state index in [1.165, 1.54) is 12.8 Å². The molecule has 6 nitrogen and oxygen atoms in total. The molecular formula is C18H25N3O3S. The van der Waals surface area contributed by atoms with Gasteiger partial charge in [0.2, 0.25) is 0 Å². The number of rotatable bonds is 8. The van der Waals surface area contributed by atoms with Gasteiger partial charge in [0, 0.05) is 19.0 Å². The number of hydrogen-bond acceptors (Lipinski definition) is 4. The number of imidazole rings is 1. The SMILES string of the molecule is CCc1ncc(S(=O)(=O)N(C2CC2)C(C)c2ccco2)n1CC1CC1.